The van der Waals surface area contributed by atoms with Crippen molar-refractivity contribution in [2.75, 3.05) is 0 Å². The summed E-state index contributed by atoms with van der Waals surface area (Å²) in [5.41, 5.74) is 1.16. The number of fused-ring (bicyclic) bond motifs is 4. The molecule has 0 bridgehead atoms. The van der Waals surface area contributed by atoms with Crippen LogP contribution in [0.5, 0.6) is 23.0 Å². The van der Waals surface area contributed by atoms with E-state index in [0.29, 0.717) is 23.0 Å². The summed E-state index contributed by atoms with van der Waals surface area (Å²) in [5, 5.41) is 0. The third-order valence-corrected chi connectivity index (χ3v) is 7.73. The number of hydrogen-bond donors (Lipinski definition) is 0. The Morgan fingerprint density at radius 2 is 1.37 bits per heavy atom. The molecule has 184 valence electrons. The highest BCUT2D eigenvalue weighted by atomic mass is 16.6. The van der Waals surface area contributed by atoms with E-state index in [9.17, 15) is 14.4 Å². The van der Waals surface area contributed by atoms with Gasteiger partial charge in [-0.1, -0.05) is 18.9 Å². The molecule has 0 aromatic heterocycles. The Balaban J connectivity index is 1.68. The fourth-order valence-electron chi connectivity index (χ4n) is 6.75. The van der Waals surface area contributed by atoms with Crippen molar-refractivity contribution in [2.45, 2.75) is 76.7 Å². The summed E-state index contributed by atoms with van der Waals surface area (Å²) >= 11 is 0. The largest absolute Gasteiger partial charge is 0.482 e. The van der Waals surface area contributed by atoms with Crippen LogP contribution in [-0.2, 0) is 25.4 Å². The average Bonchev–Trinajstić information content (AvgIpc) is 3.41. The first-order valence-electron chi connectivity index (χ1n) is 12.3. The molecule has 2 saturated carbocycles. The third-order valence-electron chi connectivity index (χ3n) is 7.73. The second-order valence-electron chi connectivity index (χ2n) is 9.90. The smallest absolute Gasteiger partial charge is 0.308 e. The lowest BCUT2D eigenvalue weighted by atomic mass is 9.60. The maximum Gasteiger partial charge on any atom is 0.308 e. The molecule has 1 aliphatic heterocycles. The van der Waals surface area contributed by atoms with Crippen LogP contribution in [0.15, 0.2) is 36.4 Å². The van der Waals surface area contributed by atoms with Gasteiger partial charge in [0.05, 0.1) is 0 Å². The molecule has 0 N–H and O–H groups in total. The molecule has 1 heterocycles. The Morgan fingerprint density at radius 3 is 2.00 bits per heavy atom. The Bertz CT molecular complexity index is 1190. The highest BCUT2D eigenvalue weighted by molar-refractivity contribution is 5.72. The molecule has 5 rings (SSSR count). The summed E-state index contributed by atoms with van der Waals surface area (Å²) in [6, 6.07) is 10.9. The van der Waals surface area contributed by atoms with E-state index < -0.39 is 17.5 Å². The van der Waals surface area contributed by atoms with Gasteiger partial charge in [0.2, 0.25) is 0 Å². The van der Waals surface area contributed by atoms with Crippen molar-refractivity contribution < 1.29 is 33.3 Å². The number of carbonyl (C=O) groups is 3. The highest BCUT2D eigenvalue weighted by Gasteiger charge is 2.61. The van der Waals surface area contributed by atoms with Crippen LogP contribution in [-0.4, -0.2) is 17.9 Å². The van der Waals surface area contributed by atoms with E-state index in [1.807, 2.05) is 18.2 Å². The molecule has 1 spiro atoms. The molecule has 2 aromatic carbocycles. The molecule has 0 saturated heterocycles. The molecule has 7 nitrogen and oxygen atoms in total. The van der Waals surface area contributed by atoms with Crippen LogP contribution in [0.3, 0.4) is 0 Å². The van der Waals surface area contributed by atoms with Gasteiger partial charge in [0.15, 0.2) is 0 Å². The minimum Gasteiger partial charge on any atom is -0.482 e. The minimum absolute atomic E-state index is 0.0686. The maximum absolute atomic E-state index is 12.0. The topological polar surface area (TPSA) is 88.1 Å². The molecule has 3 aliphatic rings. The highest BCUT2D eigenvalue weighted by Crippen LogP contribution is 2.65. The Morgan fingerprint density at radius 1 is 0.771 bits per heavy atom. The van der Waals surface area contributed by atoms with Crippen LogP contribution in [0.1, 0.15) is 76.8 Å². The van der Waals surface area contributed by atoms with Crippen molar-refractivity contribution >= 4 is 17.9 Å². The van der Waals surface area contributed by atoms with Gasteiger partial charge < -0.3 is 18.9 Å². The quantitative estimate of drug-likeness (QED) is 0.432. The average molecular weight is 479 g/mol. The first-order valence-corrected chi connectivity index (χ1v) is 12.3. The monoisotopic (exact) mass is 478 g/mol. The Hall–Kier alpha value is -3.35. The number of ether oxygens (including phenoxy) is 4. The van der Waals surface area contributed by atoms with E-state index in [0.717, 1.165) is 50.5 Å². The first-order chi connectivity index (χ1) is 16.7. The van der Waals surface area contributed by atoms with Crippen LogP contribution in [0, 0.1) is 5.92 Å². The van der Waals surface area contributed by atoms with Crippen molar-refractivity contribution in [1.29, 1.82) is 0 Å². The molecule has 0 amide bonds. The van der Waals surface area contributed by atoms with Gasteiger partial charge in [-0.05, 0) is 50.3 Å². The van der Waals surface area contributed by atoms with Gasteiger partial charge in [0.1, 0.15) is 28.6 Å². The summed E-state index contributed by atoms with van der Waals surface area (Å²) in [6.07, 6.45) is 7.12. The molecule has 35 heavy (non-hydrogen) atoms. The fraction of sp³-hybridized carbons (Fsp3) is 0.464. The van der Waals surface area contributed by atoms with E-state index in [1.165, 1.54) is 26.3 Å². The van der Waals surface area contributed by atoms with E-state index in [1.54, 1.807) is 12.1 Å². The predicted octanol–water partition coefficient (Wildman–Crippen LogP) is 5.36. The molecular weight excluding hydrogens is 448 g/mol. The zero-order chi connectivity index (χ0) is 24.8. The fourth-order valence-corrected chi connectivity index (χ4v) is 6.75. The van der Waals surface area contributed by atoms with Crippen LogP contribution in [0.4, 0.5) is 0 Å². The minimum atomic E-state index is -0.717. The molecule has 2 aromatic rings. The zero-order valence-corrected chi connectivity index (χ0v) is 20.3. The van der Waals surface area contributed by atoms with E-state index in [2.05, 4.69) is 6.07 Å². The number of carbonyl (C=O) groups excluding carboxylic acids is 3. The van der Waals surface area contributed by atoms with Crippen molar-refractivity contribution in [3.8, 4) is 23.0 Å². The lowest BCUT2D eigenvalue weighted by molar-refractivity contribution is -0.133. The second-order valence-corrected chi connectivity index (χ2v) is 9.90. The van der Waals surface area contributed by atoms with Gasteiger partial charge in [-0.3, -0.25) is 14.4 Å². The van der Waals surface area contributed by atoms with Gasteiger partial charge in [0.25, 0.3) is 0 Å². The first kappa shape index (κ1) is 23.4. The van der Waals surface area contributed by atoms with Gasteiger partial charge in [-0.2, -0.15) is 0 Å². The van der Waals surface area contributed by atoms with Crippen LogP contribution >= 0.6 is 0 Å². The normalized spacial score (nSPS) is 23.7. The molecule has 2 unspecified atom stereocenters. The SMILES string of the molecule is CC(=O)Oc1ccc2c(c1)OC1(c3ccc(OC(C)=O)cc3OC(C)=O)CCCC1C21CCCC1. The Kier molecular flexibility index (Phi) is 5.82. The van der Waals surface area contributed by atoms with Crippen molar-refractivity contribution in [3.05, 3.63) is 47.5 Å². The maximum atomic E-state index is 12.0. The van der Waals surface area contributed by atoms with E-state index in [-0.39, 0.29) is 17.3 Å². The molecule has 0 radical (unpaired) electrons. The Labute approximate surface area is 204 Å². The second kappa shape index (κ2) is 8.70. The predicted molar refractivity (Wildman–Crippen MR) is 127 cm³/mol. The number of rotatable bonds is 4. The van der Waals surface area contributed by atoms with Crippen LogP contribution in [0.2, 0.25) is 0 Å². The van der Waals surface area contributed by atoms with Gasteiger partial charge in [0, 0.05) is 55.4 Å². The van der Waals surface area contributed by atoms with Gasteiger partial charge >= 0.3 is 17.9 Å². The third kappa shape index (κ3) is 3.97. The molecule has 2 fully saturated rings. The summed E-state index contributed by atoms with van der Waals surface area (Å²) in [6.45, 7) is 4.06. The number of esters is 3. The van der Waals surface area contributed by atoms with Crippen LogP contribution in [0.25, 0.3) is 0 Å². The standard InChI is InChI=1S/C28H30O7/c1-17(29)32-20-9-11-23(24(15-20)34-19(3)31)28-14-6-7-26(28)27(12-4-5-13-27)22-10-8-21(33-18(2)30)16-25(22)35-28/h8-11,15-16,26H,4-7,12-14H2,1-3H3. The van der Waals surface area contributed by atoms with Crippen molar-refractivity contribution in [1.82, 2.24) is 0 Å². The van der Waals surface area contributed by atoms with E-state index >= 15 is 0 Å². The van der Waals surface area contributed by atoms with Crippen molar-refractivity contribution in [3.63, 3.8) is 0 Å². The summed E-state index contributed by atoms with van der Waals surface area (Å²) in [7, 11) is 0. The number of benzene rings is 2. The van der Waals surface area contributed by atoms with Crippen LogP contribution < -0.4 is 18.9 Å². The lowest BCUT2D eigenvalue weighted by Gasteiger charge is -2.51. The molecule has 7 heteroatoms. The molecule has 2 aliphatic carbocycles. The van der Waals surface area contributed by atoms with Crippen molar-refractivity contribution in [2.24, 2.45) is 5.92 Å². The van der Waals surface area contributed by atoms with E-state index in [4.69, 9.17) is 18.9 Å². The zero-order valence-electron chi connectivity index (χ0n) is 20.3. The van der Waals surface area contributed by atoms with Gasteiger partial charge in [-0.25, -0.2) is 0 Å². The molecule has 2 atom stereocenters. The molecular formula is C28H30O7. The summed E-state index contributed by atoms with van der Waals surface area (Å²) in [5.74, 6) is 0.711. The summed E-state index contributed by atoms with van der Waals surface area (Å²) < 4.78 is 23.2. The number of hydrogen-bond acceptors (Lipinski definition) is 7. The van der Waals surface area contributed by atoms with Gasteiger partial charge in [-0.15, -0.1) is 0 Å². The summed E-state index contributed by atoms with van der Waals surface area (Å²) in [4.78, 5) is 35.2. The lowest BCUT2D eigenvalue weighted by Crippen LogP contribution is -2.51.